The molecule has 0 radical (unpaired) electrons. The van der Waals surface area contributed by atoms with Crippen LogP contribution in [0.4, 0.5) is 5.82 Å². The molecule has 2 heterocycles. The predicted octanol–water partition coefficient (Wildman–Crippen LogP) is 2.35. The van der Waals surface area contributed by atoms with E-state index in [4.69, 9.17) is 11.6 Å². The zero-order chi connectivity index (χ0) is 12.8. The van der Waals surface area contributed by atoms with E-state index in [1.165, 1.54) is 12.8 Å². The van der Waals surface area contributed by atoms with Crippen molar-refractivity contribution >= 4 is 17.4 Å². The molecule has 1 aliphatic rings. The fourth-order valence-electron chi connectivity index (χ4n) is 2.45. The SMILES string of the molecule is CCCN(CC1CCCNC1)c1cncc(Cl)n1. The summed E-state index contributed by atoms with van der Waals surface area (Å²) in [5, 5.41) is 3.92. The molecule has 1 aromatic heterocycles. The highest BCUT2D eigenvalue weighted by Gasteiger charge is 2.18. The number of rotatable bonds is 5. The summed E-state index contributed by atoms with van der Waals surface area (Å²) in [6, 6.07) is 0. The Bertz CT molecular complexity index is 366. The minimum Gasteiger partial charge on any atom is -0.355 e. The highest BCUT2D eigenvalue weighted by atomic mass is 35.5. The van der Waals surface area contributed by atoms with Crippen LogP contribution in [-0.2, 0) is 0 Å². The van der Waals surface area contributed by atoms with Crippen molar-refractivity contribution in [1.29, 1.82) is 0 Å². The minimum atomic E-state index is 0.468. The van der Waals surface area contributed by atoms with Gasteiger partial charge in [-0.15, -0.1) is 0 Å². The maximum Gasteiger partial charge on any atom is 0.149 e. The van der Waals surface area contributed by atoms with Crippen molar-refractivity contribution in [3.8, 4) is 0 Å². The van der Waals surface area contributed by atoms with Crippen molar-refractivity contribution < 1.29 is 0 Å². The van der Waals surface area contributed by atoms with E-state index >= 15 is 0 Å². The lowest BCUT2D eigenvalue weighted by Gasteiger charge is -2.30. The van der Waals surface area contributed by atoms with Crippen LogP contribution in [0.5, 0.6) is 0 Å². The van der Waals surface area contributed by atoms with Crippen molar-refractivity contribution in [1.82, 2.24) is 15.3 Å². The average molecular weight is 269 g/mol. The van der Waals surface area contributed by atoms with Gasteiger partial charge in [0.05, 0.1) is 12.4 Å². The van der Waals surface area contributed by atoms with Gasteiger partial charge >= 0.3 is 0 Å². The van der Waals surface area contributed by atoms with Crippen LogP contribution in [0.2, 0.25) is 5.15 Å². The zero-order valence-electron chi connectivity index (χ0n) is 10.9. The van der Waals surface area contributed by atoms with Crippen LogP contribution in [0.3, 0.4) is 0 Å². The summed E-state index contributed by atoms with van der Waals surface area (Å²) in [7, 11) is 0. The summed E-state index contributed by atoms with van der Waals surface area (Å²) >= 11 is 5.92. The minimum absolute atomic E-state index is 0.468. The number of halogens is 1. The van der Waals surface area contributed by atoms with E-state index in [-0.39, 0.29) is 0 Å². The van der Waals surface area contributed by atoms with Crippen molar-refractivity contribution in [3.05, 3.63) is 17.5 Å². The largest absolute Gasteiger partial charge is 0.355 e. The van der Waals surface area contributed by atoms with Crippen LogP contribution in [0, 0.1) is 5.92 Å². The van der Waals surface area contributed by atoms with Crippen molar-refractivity contribution in [2.24, 2.45) is 5.92 Å². The molecule has 4 nitrogen and oxygen atoms in total. The molecule has 18 heavy (non-hydrogen) atoms. The smallest absolute Gasteiger partial charge is 0.149 e. The Hall–Kier alpha value is -0.870. The summed E-state index contributed by atoms with van der Waals surface area (Å²) < 4.78 is 0. The maximum absolute atomic E-state index is 5.92. The van der Waals surface area contributed by atoms with Gasteiger partial charge in [-0.1, -0.05) is 18.5 Å². The molecule has 1 atom stereocenters. The van der Waals surface area contributed by atoms with E-state index in [1.54, 1.807) is 12.4 Å². The monoisotopic (exact) mass is 268 g/mol. The van der Waals surface area contributed by atoms with Gasteiger partial charge in [0.15, 0.2) is 0 Å². The second-order valence-corrected chi connectivity index (χ2v) is 5.25. The first-order valence-electron chi connectivity index (χ1n) is 6.72. The fourth-order valence-corrected chi connectivity index (χ4v) is 2.59. The highest BCUT2D eigenvalue weighted by Crippen LogP contribution is 2.18. The number of hydrogen-bond donors (Lipinski definition) is 1. The van der Waals surface area contributed by atoms with Crippen molar-refractivity contribution in [2.75, 3.05) is 31.1 Å². The average Bonchev–Trinajstić information content (AvgIpc) is 2.39. The zero-order valence-corrected chi connectivity index (χ0v) is 11.7. The van der Waals surface area contributed by atoms with Gasteiger partial charge in [-0.2, -0.15) is 0 Å². The molecule has 1 N–H and O–H groups in total. The first-order valence-corrected chi connectivity index (χ1v) is 7.10. The molecule has 0 amide bonds. The second kappa shape index (κ2) is 6.90. The Kier molecular flexibility index (Phi) is 5.20. The van der Waals surface area contributed by atoms with Crippen LogP contribution in [-0.4, -0.2) is 36.1 Å². The third kappa shape index (κ3) is 3.82. The molecule has 1 fully saturated rings. The molecule has 100 valence electrons. The van der Waals surface area contributed by atoms with Gasteiger partial charge in [-0.05, 0) is 38.3 Å². The lowest BCUT2D eigenvalue weighted by Crippen LogP contribution is -2.39. The fraction of sp³-hybridized carbons (Fsp3) is 0.692. The lowest BCUT2D eigenvalue weighted by molar-refractivity contribution is 0.376. The van der Waals surface area contributed by atoms with Gasteiger partial charge in [-0.25, -0.2) is 4.98 Å². The molecule has 2 rings (SSSR count). The summed E-state index contributed by atoms with van der Waals surface area (Å²) in [6.07, 6.45) is 7.05. The third-order valence-electron chi connectivity index (χ3n) is 3.29. The van der Waals surface area contributed by atoms with Gasteiger partial charge < -0.3 is 10.2 Å². The van der Waals surface area contributed by atoms with E-state index in [0.717, 1.165) is 38.4 Å². The second-order valence-electron chi connectivity index (χ2n) is 4.86. The quantitative estimate of drug-likeness (QED) is 0.890. The Morgan fingerprint density at radius 2 is 2.39 bits per heavy atom. The number of nitrogens with zero attached hydrogens (tertiary/aromatic N) is 3. The van der Waals surface area contributed by atoms with E-state index in [1.807, 2.05) is 0 Å². The Morgan fingerprint density at radius 1 is 1.50 bits per heavy atom. The summed E-state index contributed by atoms with van der Waals surface area (Å²) in [6.45, 7) is 6.49. The van der Waals surface area contributed by atoms with E-state index in [0.29, 0.717) is 11.1 Å². The normalized spacial score (nSPS) is 19.8. The summed E-state index contributed by atoms with van der Waals surface area (Å²) in [4.78, 5) is 10.8. The lowest BCUT2D eigenvalue weighted by atomic mass is 9.99. The number of hydrogen-bond acceptors (Lipinski definition) is 4. The molecule has 0 spiro atoms. The van der Waals surface area contributed by atoms with Crippen LogP contribution >= 0.6 is 11.6 Å². The van der Waals surface area contributed by atoms with Gasteiger partial charge in [-0.3, -0.25) is 4.98 Å². The van der Waals surface area contributed by atoms with Gasteiger partial charge in [0, 0.05) is 13.1 Å². The van der Waals surface area contributed by atoms with Crippen molar-refractivity contribution in [3.63, 3.8) is 0 Å². The molecule has 0 bridgehead atoms. The Balaban J connectivity index is 2.02. The number of anilines is 1. The molecular weight excluding hydrogens is 248 g/mol. The topological polar surface area (TPSA) is 41.0 Å². The standard InChI is InChI=1S/C13H21ClN4/c1-2-6-18(10-11-4-3-5-15-7-11)13-9-16-8-12(14)17-13/h8-9,11,15H,2-7,10H2,1H3. The molecule has 1 unspecified atom stereocenters. The molecule has 1 aromatic rings. The Morgan fingerprint density at radius 3 is 3.06 bits per heavy atom. The number of aromatic nitrogens is 2. The summed E-state index contributed by atoms with van der Waals surface area (Å²) in [5.41, 5.74) is 0. The molecule has 0 aliphatic carbocycles. The molecule has 5 heteroatoms. The number of nitrogens with one attached hydrogen (secondary N) is 1. The van der Waals surface area contributed by atoms with Gasteiger partial charge in [0.25, 0.3) is 0 Å². The van der Waals surface area contributed by atoms with Crippen molar-refractivity contribution in [2.45, 2.75) is 26.2 Å². The van der Waals surface area contributed by atoms with Crippen LogP contribution in [0.1, 0.15) is 26.2 Å². The maximum atomic E-state index is 5.92. The van der Waals surface area contributed by atoms with Crippen LogP contribution in [0.25, 0.3) is 0 Å². The van der Waals surface area contributed by atoms with E-state index in [2.05, 4.69) is 27.1 Å². The van der Waals surface area contributed by atoms with E-state index in [9.17, 15) is 0 Å². The molecule has 0 aromatic carbocycles. The predicted molar refractivity (Wildman–Crippen MR) is 75.1 cm³/mol. The molecule has 1 aliphatic heterocycles. The van der Waals surface area contributed by atoms with Gasteiger partial charge in [0.1, 0.15) is 11.0 Å². The molecule has 1 saturated heterocycles. The number of piperidine rings is 1. The van der Waals surface area contributed by atoms with Crippen LogP contribution in [0.15, 0.2) is 12.4 Å². The third-order valence-corrected chi connectivity index (χ3v) is 3.47. The first kappa shape index (κ1) is 13.6. The summed E-state index contributed by atoms with van der Waals surface area (Å²) in [5.74, 6) is 1.60. The van der Waals surface area contributed by atoms with E-state index < -0.39 is 0 Å². The Labute approximate surface area is 114 Å². The van der Waals surface area contributed by atoms with Gasteiger partial charge in [0.2, 0.25) is 0 Å². The molecular formula is C13H21ClN4. The highest BCUT2D eigenvalue weighted by molar-refractivity contribution is 6.29. The molecule has 0 saturated carbocycles. The van der Waals surface area contributed by atoms with Crippen LogP contribution < -0.4 is 10.2 Å². The first-order chi connectivity index (χ1) is 8.79.